The molecule has 4 aliphatic rings. The summed E-state index contributed by atoms with van der Waals surface area (Å²) < 4.78 is 76.4. The molecule has 49 heavy (non-hydrogen) atoms. The Balaban J connectivity index is 0.000000396. The normalized spacial score (nSPS) is 24.7. The highest BCUT2D eigenvalue weighted by Crippen LogP contribution is 2.44. The number of hydrogen-bond acceptors (Lipinski definition) is 7. The van der Waals surface area contributed by atoms with Gasteiger partial charge in [0.2, 0.25) is 0 Å². The molecular formula is C37H43F5N6O. The van der Waals surface area contributed by atoms with Crippen molar-refractivity contribution in [3.05, 3.63) is 53.2 Å². The van der Waals surface area contributed by atoms with Crippen LogP contribution in [0.4, 0.5) is 27.8 Å². The van der Waals surface area contributed by atoms with Gasteiger partial charge in [-0.1, -0.05) is 32.9 Å². The molecule has 2 aromatic heterocycles. The van der Waals surface area contributed by atoms with Crippen molar-refractivity contribution < 1.29 is 26.7 Å². The number of ether oxygens (including phenoxy) is 1. The van der Waals surface area contributed by atoms with Crippen molar-refractivity contribution in [3.63, 3.8) is 0 Å². The van der Waals surface area contributed by atoms with Crippen molar-refractivity contribution in [1.29, 1.82) is 5.26 Å². The number of nitriles is 1. The van der Waals surface area contributed by atoms with Crippen LogP contribution >= 0.6 is 0 Å². The van der Waals surface area contributed by atoms with Gasteiger partial charge in [0.05, 0.1) is 23.8 Å². The third kappa shape index (κ3) is 7.88. The molecule has 1 aliphatic carbocycles. The first kappa shape index (κ1) is 35.1. The second-order valence-corrected chi connectivity index (χ2v) is 14.1. The molecule has 1 aromatic carbocycles. The highest BCUT2D eigenvalue weighted by atomic mass is 19.4. The molecule has 262 valence electrons. The van der Waals surface area contributed by atoms with Crippen LogP contribution in [0.1, 0.15) is 82.3 Å². The van der Waals surface area contributed by atoms with Crippen LogP contribution in [0.5, 0.6) is 0 Å². The zero-order valence-electron chi connectivity index (χ0n) is 28.2. The molecule has 2 atom stereocenters. The fourth-order valence-electron chi connectivity index (χ4n) is 7.48. The average Bonchev–Trinajstić information content (AvgIpc) is 3.50. The Kier molecular flexibility index (Phi) is 10.5. The van der Waals surface area contributed by atoms with Crippen LogP contribution in [0, 0.1) is 29.0 Å². The first-order chi connectivity index (χ1) is 23.4. The van der Waals surface area contributed by atoms with E-state index in [1.54, 1.807) is 6.08 Å². The van der Waals surface area contributed by atoms with Crippen LogP contribution in [0.25, 0.3) is 27.7 Å². The van der Waals surface area contributed by atoms with Crippen molar-refractivity contribution in [3.8, 4) is 17.2 Å². The maximum absolute atomic E-state index is 14.6. The summed E-state index contributed by atoms with van der Waals surface area (Å²) in [5.74, 6) is 0.879. The van der Waals surface area contributed by atoms with E-state index in [-0.39, 0.29) is 45.1 Å². The molecule has 3 aromatic rings. The summed E-state index contributed by atoms with van der Waals surface area (Å²) in [4.78, 5) is 17.9. The first-order valence-corrected chi connectivity index (χ1v) is 17.3. The molecule has 7 nitrogen and oxygen atoms in total. The minimum absolute atomic E-state index is 0.0657. The number of hydrogen-bond donors (Lipinski definition) is 0. The van der Waals surface area contributed by atoms with Gasteiger partial charge in [-0.15, -0.1) is 0 Å². The lowest BCUT2D eigenvalue weighted by atomic mass is 9.75. The Morgan fingerprint density at radius 2 is 1.82 bits per heavy atom. The molecule has 3 aliphatic heterocycles. The summed E-state index contributed by atoms with van der Waals surface area (Å²) in [7, 11) is 0. The molecule has 0 amide bonds. The molecular weight excluding hydrogens is 639 g/mol. The number of rotatable bonds is 5. The second kappa shape index (κ2) is 14.7. The Morgan fingerprint density at radius 3 is 2.51 bits per heavy atom. The third-order valence-corrected chi connectivity index (χ3v) is 9.84. The van der Waals surface area contributed by atoms with E-state index in [0.29, 0.717) is 62.9 Å². The molecule has 12 heteroatoms. The van der Waals surface area contributed by atoms with E-state index in [4.69, 9.17) is 14.7 Å². The molecule has 0 N–H and O–H groups in total. The number of fused-ring (bicyclic) bond motifs is 2. The number of benzene rings is 1. The van der Waals surface area contributed by atoms with Crippen LogP contribution in [-0.4, -0.2) is 71.5 Å². The van der Waals surface area contributed by atoms with Crippen molar-refractivity contribution in [1.82, 2.24) is 19.9 Å². The van der Waals surface area contributed by atoms with Crippen LogP contribution in [0.2, 0.25) is 0 Å². The Morgan fingerprint density at radius 1 is 1.02 bits per heavy atom. The van der Waals surface area contributed by atoms with E-state index < -0.39 is 23.9 Å². The Bertz CT molecular complexity index is 1710. The van der Waals surface area contributed by atoms with Gasteiger partial charge in [-0.25, -0.2) is 23.7 Å². The number of nitrogens with zero attached hydrogens (tertiary/aromatic N) is 6. The molecule has 5 heterocycles. The van der Waals surface area contributed by atoms with Crippen LogP contribution in [0.3, 0.4) is 0 Å². The van der Waals surface area contributed by atoms with Crippen LogP contribution < -0.4 is 4.90 Å². The minimum Gasteiger partial charge on any atom is -0.380 e. The SMILES string of the molecule is CC(C)/C=C(\C#N)c1cc(F)ccc1-c1cc2nc(C3CC(C)C3)nc(N3CCCOCC3)c2nc1C(F)(F)F.FC1CC2CCCN2C1. The quantitative estimate of drug-likeness (QED) is 0.198. The lowest BCUT2D eigenvalue weighted by Gasteiger charge is -2.32. The van der Waals surface area contributed by atoms with Crippen molar-refractivity contribution in [2.45, 2.75) is 83.6 Å². The Labute approximate surface area is 284 Å². The van der Waals surface area contributed by atoms with E-state index in [9.17, 15) is 27.2 Å². The average molecular weight is 683 g/mol. The topological polar surface area (TPSA) is 78.2 Å². The number of aromatic nitrogens is 3. The predicted molar refractivity (Wildman–Crippen MR) is 179 cm³/mol. The van der Waals surface area contributed by atoms with Gasteiger partial charge in [-0.2, -0.15) is 18.4 Å². The fraction of sp³-hybridized carbons (Fsp3) is 0.568. The van der Waals surface area contributed by atoms with Gasteiger partial charge in [-0.05, 0) is 80.7 Å². The monoisotopic (exact) mass is 682 g/mol. The first-order valence-electron chi connectivity index (χ1n) is 17.3. The molecule has 7 rings (SSSR count). The summed E-state index contributed by atoms with van der Waals surface area (Å²) in [6, 6.07) is 7.48. The van der Waals surface area contributed by atoms with E-state index in [2.05, 4.69) is 16.8 Å². The molecule has 0 radical (unpaired) electrons. The summed E-state index contributed by atoms with van der Waals surface area (Å²) >= 11 is 0. The van der Waals surface area contributed by atoms with Crippen molar-refractivity contribution in [2.75, 3.05) is 44.3 Å². The number of anilines is 1. The van der Waals surface area contributed by atoms with E-state index in [1.807, 2.05) is 24.8 Å². The third-order valence-electron chi connectivity index (χ3n) is 9.84. The maximum atomic E-state index is 14.6. The van der Waals surface area contributed by atoms with Gasteiger partial charge in [0, 0.05) is 49.3 Å². The minimum atomic E-state index is -4.83. The largest absolute Gasteiger partial charge is 0.433 e. The molecule has 4 fully saturated rings. The van der Waals surface area contributed by atoms with Crippen LogP contribution in [0.15, 0.2) is 30.3 Å². The Hall–Kier alpha value is -3.69. The second-order valence-electron chi connectivity index (χ2n) is 14.1. The molecule has 0 bridgehead atoms. The predicted octanol–water partition coefficient (Wildman–Crippen LogP) is 8.35. The van der Waals surface area contributed by atoms with Gasteiger partial charge in [-0.3, -0.25) is 4.90 Å². The fourth-order valence-corrected chi connectivity index (χ4v) is 7.48. The summed E-state index contributed by atoms with van der Waals surface area (Å²) in [6.07, 6.45) is 2.12. The smallest absolute Gasteiger partial charge is 0.380 e. The number of alkyl halides is 4. The zero-order chi connectivity index (χ0) is 34.9. The van der Waals surface area contributed by atoms with Gasteiger partial charge in [0.15, 0.2) is 11.5 Å². The molecule has 0 spiro atoms. The van der Waals surface area contributed by atoms with Gasteiger partial charge in [0.25, 0.3) is 0 Å². The molecule has 1 saturated carbocycles. The van der Waals surface area contributed by atoms with E-state index in [1.165, 1.54) is 25.0 Å². The number of pyridine rings is 1. The highest BCUT2D eigenvalue weighted by Gasteiger charge is 2.39. The van der Waals surface area contributed by atoms with Gasteiger partial charge in [0.1, 0.15) is 23.3 Å². The summed E-state index contributed by atoms with van der Waals surface area (Å²) in [5, 5.41) is 9.83. The molecule has 3 saturated heterocycles. The maximum Gasteiger partial charge on any atom is 0.433 e. The lowest BCUT2D eigenvalue weighted by Crippen LogP contribution is -2.29. The van der Waals surface area contributed by atoms with Gasteiger partial charge < -0.3 is 9.64 Å². The van der Waals surface area contributed by atoms with Gasteiger partial charge >= 0.3 is 6.18 Å². The summed E-state index contributed by atoms with van der Waals surface area (Å²) in [6.45, 7) is 9.73. The zero-order valence-corrected chi connectivity index (χ0v) is 28.2. The van der Waals surface area contributed by atoms with E-state index >= 15 is 0 Å². The van der Waals surface area contributed by atoms with Crippen molar-refractivity contribution in [2.24, 2.45) is 11.8 Å². The summed E-state index contributed by atoms with van der Waals surface area (Å²) in [5.41, 5.74) is -0.791. The van der Waals surface area contributed by atoms with Crippen LogP contribution in [-0.2, 0) is 10.9 Å². The lowest BCUT2D eigenvalue weighted by molar-refractivity contribution is -0.140. The number of allylic oxidation sites excluding steroid dienone is 2. The van der Waals surface area contributed by atoms with Crippen molar-refractivity contribution >= 4 is 22.4 Å². The highest BCUT2D eigenvalue weighted by molar-refractivity contribution is 5.93. The standard InChI is InChI=1S/C30H31F4N5O.C7H12FN/c1-17(2)11-20(16-35)23-14-21(31)5-6-22(23)24-15-25-26(37-27(24)30(32,33)34)29(39-7-4-9-40-10-8-39)38-28(36-25)19-12-18(3)13-19;8-6-4-7-2-1-3-9(7)5-6/h5-6,11,14-15,17-19H,4,7-10,12-13H2,1-3H3;6-7H,1-5H2/b20-11+;. The van der Waals surface area contributed by atoms with E-state index in [0.717, 1.165) is 37.9 Å². The molecule has 2 unspecified atom stereocenters. The number of halogens is 5.